The molecule has 0 aromatic heterocycles. The van der Waals surface area contributed by atoms with E-state index in [2.05, 4.69) is 33.0 Å². The molecule has 0 atom stereocenters. The molecule has 1 N–H and O–H groups in total. The first-order valence-corrected chi connectivity index (χ1v) is 7.46. The van der Waals surface area contributed by atoms with E-state index in [0.717, 1.165) is 13.1 Å². The second kappa shape index (κ2) is 7.46. The molecule has 0 heterocycles. The van der Waals surface area contributed by atoms with Gasteiger partial charge in [0, 0.05) is 6.54 Å². The average molecular weight is 257 g/mol. The molecule has 0 aromatic rings. The van der Waals surface area contributed by atoms with Crippen LogP contribution in [0.3, 0.4) is 0 Å². The van der Waals surface area contributed by atoms with E-state index in [0.29, 0.717) is 13.2 Å². The molecule has 0 unspecified atom stereocenters. The van der Waals surface area contributed by atoms with Crippen LogP contribution < -0.4 is 5.32 Å². The first kappa shape index (κ1) is 15.9. The molecule has 3 heteroatoms. The molecule has 1 fully saturated rings. The van der Waals surface area contributed by atoms with Crippen LogP contribution in [0.4, 0.5) is 0 Å². The fourth-order valence-corrected chi connectivity index (χ4v) is 2.49. The van der Waals surface area contributed by atoms with E-state index < -0.39 is 0 Å². The van der Waals surface area contributed by atoms with Gasteiger partial charge in [-0.3, -0.25) is 0 Å². The van der Waals surface area contributed by atoms with Crippen molar-refractivity contribution in [2.75, 3.05) is 26.3 Å². The highest BCUT2D eigenvalue weighted by atomic mass is 16.5. The van der Waals surface area contributed by atoms with Gasteiger partial charge in [0.25, 0.3) is 0 Å². The van der Waals surface area contributed by atoms with Gasteiger partial charge in [0.05, 0.1) is 24.4 Å². The Kier molecular flexibility index (Phi) is 6.61. The molecule has 0 saturated heterocycles. The van der Waals surface area contributed by atoms with Gasteiger partial charge in [-0.2, -0.15) is 0 Å². The summed E-state index contributed by atoms with van der Waals surface area (Å²) in [7, 11) is 0. The van der Waals surface area contributed by atoms with Crippen molar-refractivity contribution in [2.45, 2.75) is 71.0 Å². The quantitative estimate of drug-likeness (QED) is 0.678. The predicted molar refractivity (Wildman–Crippen MR) is 76.0 cm³/mol. The van der Waals surface area contributed by atoms with Gasteiger partial charge < -0.3 is 14.8 Å². The van der Waals surface area contributed by atoms with E-state index in [1.54, 1.807) is 0 Å². The molecule has 1 aliphatic rings. The number of rotatable bonds is 8. The second-order valence-electron chi connectivity index (χ2n) is 6.38. The van der Waals surface area contributed by atoms with E-state index >= 15 is 0 Å². The van der Waals surface area contributed by atoms with Crippen molar-refractivity contribution in [1.29, 1.82) is 0 Å². The normalized spacial score (nSPS) is 19.3. The van der Waals surface area contributed by atoms with Gasteiger partial charge in [0.2, 0.25) is 0 Å². The van der Waals surface area contributed by atoms with E-state index in [4.69, 9.17) is 9.47 Å². The first-order chi connectivity index (χ1) is 8.47. The van der Waals surface area contributed by atoms with E-state index in [1.165, 1.54) is 32.1 Å². The molecule has 0 amide bonds. The highest BCUT2D eigenvalue weighted by Gasteiger charge is 2.34. The van der Waals surface area contributed by atoms with Gasteiger partial charge in [0.1, 0.15) is 0 Å². The first-order valence-electron chi connectivity index (χ1n) is 7.46. The molecule has 0 aromatic carbocycles. The number of hydrogen-bond donors (Lipinski definition) is 1. The molecular formula is C15H31NO2. The Morgan fingerprint density at radius 1 is 1.11 bits per heavy atom. The standard InChI is InChI=1S/C15H31NO2/c1-5-10-16-13-15(8-6-7-9-15)18-12-11-17-14(2,3)4/h16H,5-13H2,1-4H3. The summed E-state index contributed by atoms with van der Waals surface area (Å²) in [6.45, 7) is 11.9. The lowest BCUT2D eigenvalue weighted by molar-refractivity contribution is -0.0887. The van der Waals surface area contributed by atoms with Crippen LogP contribution in [-0.2, 0) is 9.47 Å². The fourth-order valence-electron chi connectivity index (χ4n) is 2.49. The molecule has 0 aliphatic heterocycles. The van der Waals surface area contributed by atoms with Crippen molar-refractivity contribution in [3.8, 4) is 0 Å². The van der Waals surface area contributed by atoms with Crippen molar-refractivity contribution in [2.24, 2.45) is 0 Å². The zero-order chi connectivity index (χ0) is 13.5. The maximum absolute atomic E-state index is 6.15. The summed E-state index contributed by atoms with van der Waals surface area (Å²) >= 11 is 0. The summed E-state index contributed by atoms with van der Waals surface area (Å²) in [5, 5.41) is 3.51. The van der Waals surface area contributed by atoms with Crippen LogP contribution in [0.15, 0.2) is 0 Å². The Balaban J connectivity index is 2.25. The number of hydrogen-bond acceptors (Lipinski definition) is 3. The van der Waals surface area contributed by atoms with E-state index in [9.17, 15) is 0 Å². The third-order valence-corrected chi connectivity index (χ3v) is 3.42. The second-order valence-corrected chi connectivity index (χ2v) is 6.38. The van der Waals surface area contributed by atoms with Gasteiger partial charge in [-0.05, 0) is 46.6 Å². The minimum Gasteiger partial charge on any atom is -0.373 e. The summed E-state index contributed by atoms with van der Waals surface area (Å²) in [6.07, 6.45) is 6.17. The minimum atomic E-state index is -0.0628. The summed E-state index contributed by atoms with van der Waals surface area (Å²) in [6, 6.07) is 0. The molecular weight excluding hydrogens is 226 g/mol. The molecule has 108 valence electrons. The van der Waals surface area contributed by atoms with Crippen molar-refractivity contribution in [1.82, 2.24) is 5.32 Å². The molecule has 3 nitrogen and oxygen atoms in total. The zero-order valence-electron chi connectivity index (χ0n) is 12.7. The van der Waals surface area contributed by atoms with Crippen molar-refractivity contribution in [3.05, 3.63) is 0 Å². The Labute approximate surface area is 113 Å². The molecule has 18 heavy (non-hydrogen) atoms. The Bertz CT molecular complexity index is 217. The molecule has 1 aliphatic carbocycles. The van der Waals surface area contributed by atoms with Crippen molar-refractivity contribution in [3.63, 3.8) is 0 Å². The lowest BCUT2D eigenvalue weighted by atomic mass is 10.0. The summed E-state index contributed by atoms with van der Waals surface area (Å²) in [4.78, 5) is 0. The third kappa shape index (κ3) is 6.17. The van der Waals surface area contributed by atoms with Gasteiger partial charge >= 0.3 is 0 Å². The SMILES string of the molecule is CCCNCC1(OCCOC(C)(C)C)CCCC1. The van der Waals surface area contributed by atoms with Crippen molar-refractivity contribution < 1.29 is 9.47 Å². The number of ether oxygens (including phenoxy) is 2. The maximum Gasteiger partial charge on any atom is 0.0807 e. The van der Waals surface area contributed by atoms with E-state index in [1.807, 2.05) is 0 Å². The van der Waals surface area contributed by atoms with Crippen LogP contribution in [0.5, 0.6) is 0 Å². The fraction of sp³-hybridized carbons (Fsp3) is 1.00. The predicted octanol–water partition coefficient (Wildman–Crippen LogP) is 3.13. The number of nitrogens with one attached hydrogen (secondary N) is 1. The summed E-state index contributed by atoms with van der Waals surface area (Å²) in [5.41, 5.74) is 0.0169. The lowest BCUT2D eigenvalue weighted by Gasteiger charge is -2.30. The summed E-state index contributed by atoms with van der Waals surface area (Å²) in [5.74, 6) is 0. The zero-order valence-corrected chi connectivity index (χ0v) is 12.7. The van der Waals surface area contributed by atoms with Crippen LogP contribution in [0.1, 0.15) is 59.8 Å². The van der Waals surface area contributed by atoms with Gasteiger partial charge in [-0.15, -0.1) is 0 Å². The van der Waals surface area contributed by atoms with E-state index in [-0.39, 0.29) is 11.2 Å². The Hall–Kier alpha value is -0.120. The molecule has 0 radical (unpaired) electrons. The van der Waals surface area contributed by atoms with Crippen LogP contribution in [-0.4, -0.2) is 37.5 Å². The smallest absolute Gasteiger partial charge is 0.0807 e. The highest BCUT2D eigenvalue weighted by Crippen LogP contribution is 2.32. The van der Waals surface area contributed by atoms with Crippen LogP contribution in [0, 0.1) is 0 Å². The Morgan fingerprint density at radius 3 is 2.33 bits per heavy atom. The van der Waals surface area contributed by atoms with Crippen molar-refractivity contribution >= 4 is 0 Å². The van der Waals surface area contributed by atoms with Gasteiger partial charge in [-0.25, -0.2) is 0 Å². The molecule has 0 bridgehead atoms. The maximum atomic E-state index is 6.15. The highest BCUT2D eigenvalue weighted by molar-refractivity contribution is 4.88. The minimum absolute atomic E-state index is 0.0628. The van der Waals surface area contributed by atoms with Crippen LogP contribution >= 0.6 is 0 Å². The Morgan fingerprint density at radius 2 is 1.78 bits per heavy atom. The van der Waals surface area contributed by atoms with Crippen LogP contribution in [0.2, 0.25) is 0 Å². The average Bonchev–Trinajstić information content (AvgIpc) is 2.73. The monoisotopic (exact) mass is 257 g/mol. The van der Waals surface area contributed by atoms with Crippen LogP contribution in [0.25, 0.3) is 0 Å². The largest absolute Gasteiger partial charge is 0.373 e. The van der Waals surface area contributed by atoms with Gasteiger partial charge in [-0.1, -0.05) is 19.8 Å². The molecule has 0 spiro atoms. The third-order valence-electron chi connectivity index (χ3n) is 3.42. The molecule has 1 rings (SSSR count). The topological polar surface area (TPSA) is 30.5 Å². The lowest BCUT2D eigenvalue weighted by Crippen LogP contribution is -2.42. The van der Waals surface area contributed by atoms with Gasteiger partial charge in [0.15, 0.2) is 0 Å². The summed E-state index contributed by atoms with van der Waals surface area (Å²) < 4.78 is 11.9. The molecule has 1 saturated carbocycles.